The number of carbonyl (C=O) groups excluding carboxylic acids is 1. The van der Waals surface area contributed by atoms with Crippen LogP contribution in [0.5, 0.6) is 11.5 Å². The third-order valence-electron chi connectivity index (χ3n) is 5.15. The number of nitro groups is 1. The molecule has 1 aromatic heterocycles. The summed E-state index contributed by atoms with van der Waals surface area (Å²) in [7, 11) is 0. The first-order valence-electron chi connectivity index (χ1n) is 10.0. The molecule has 2 heterocycles. The Morgan fingerprint density at radius 2 is 1.82 bits per heavy atom. The molecule has 0 saturated carbocycles. The third kappa shape index (κ3) is 4.39. The second-order valence-electron chi connectivity index (χ2n) is 7.29. The number of hydrogen-bond acceptors (Lipinski definition) is 7. The van der Waals surface area contributed by atoms with E-state index in [2.05, 4.69) is 5.32 Å². The van der Waals surface area contributed by atoms with Gasteiger partial charge in [0, 0.05) is 40.7 Å². The summed E-state index contributed by atoms with van der Waals surface area (Å²) in [4.78, 5) is 27.4. The van der Waals surface area contributed by atoms with Crippen LogP contribution in [0.1, 0.15) is 15.9 Å². The minimum absolute atomic E-state index is 0.115. The fourth-order valence-electron chi connectivity index (χ4n) is 3.41. The topological polar surface area (TPSA) is 104 Å². The molecule has 3 aromatic carbocycles. The molecule has 164 valence electrons. The number of non-ortho nitro benzene ring substituents is 1. The van der Waals surface area contributed by atoms with Gasteiger partial charge in [-0.3, -0.25) is 14.9 Å². The molecule has 4 aromatic rings. The summed E-state index contributed by atoms with van der Waals surface area (Å²) >= 11 is 1.55. The van der Waals surface area contributed by atoms with Crippen molar-refractivity contribution >= 4 is 22.9 Å². The van der Waals surface area contributed by atoms with Crippen molar-refractivity contribution in [2.24, 2.45) is 0 Å². The summed E-state index contributed by atoms with van der Waals surface area (Å²) < 4.78 is 10.8. The highest BCUT2D eigenvalue weighted by Crippen LogP contribution is 2.37. The summed E-state index contributed by atoms with van der Waals surface area (Å²) in [6, 6.07) is 19.2. The number of fused-ring (bicyclic) bond motifs is 1. The maximum absolute atomic E-state index is 12.3. The predicted molar refractivity (Wildman–Crippen MR) is 123 cm³/mol. The molecular formula is C24H17N3O5S. The first-order valence-corrected chi connectivity index (χ1v) is 10.9. The van der Waals surface area contributed by atoms with Gasteiger partial charge >= 0.3 is 0 Å². The Morgan fingerprint density at radius 1 is 1.03 bits per heavy atom. The summed E-state index contributed by atoms with van der Waals surface area (Å²) in [6.07, 6.45) is 0. The lowest BCUT2D eigenvalue weighted by atomic mass is 10.1. The zero-order valence-corrected chi connectivity index (χ0v) is 18.0. The van der Waals surface area contributed by atoms with Crippen molar-refractivity contribution in [2.45, 2.75) is 6.54 Å². The normalized spacial score (nSPS) is 11.9. The summed E-state index contributed by atoms with van der Waals surface area (Å²) in [6.45, 7) is 0.543. The molecule has 0 spiro atoms. The van der Waals surface area contributed by atoms with Crippen LogP contribution in [0.4, 0.5) is 5.69 Å². The number of rotatable bonds is 6. The fraction of sp³-hybridized carbons (Fsp3) is 0.0833. The highest BCUT2D eigenvalue weighted by Gasteiger charge is 2.16. The molecule has 1 N–H and O–H groups in total. The van der Waals surface area contributed by atoms with Crippen LogP contribution in [0.2, 0.25) is 0 Å². The Kier molecular flexibility index (Phi) is 5.45. The smallest absolute Gasteiger partial charge is 0.270 e. The molecule has 0 saturated heterocycles. The summed E-state index contributed by atoms with van der Waals surface area (Å²) in [5.74, 6) is 1.09. The van der Waals surface area contributed by atoms with Crippen molar-refractivity contribution in [1.29, 1.82) is 0 Å². The van der Waals surface area contributed by atoms with E-state index in [4.69, 9.17) is 14.5 Å². The van der Waals surface area contributed by atoms with Crippen molar-refractivity contribution in [3.63, 3.8) is 0 Å². The van der Waals surface area contributed by atoms with Crippen molar-refractivity contribution in [1.82, 2.24) is 10.3 Å². The van der Waals surface area contributed by atoms with Crippen LogP contribution in [0, 0.1) is 10.1 Å². The number of amides is 1. The van der Waals surface area contributed by atoms with Crippen LogP contribution >= 0.6 is 11.3 Å². The van der Waals surface area contributed by atoms with Crippen LogP contribution in [0.3, 0.4) is 0 Å². The Morgan fingerprint density at radius 3 is 2.64 bits per heavy atom. The van der Waals surface area contributed by atoms with E-state index in [1.165, 1.54) is 18.2 Å². The molecule has 33 heavy (non-hydrogen) atoms. The van der Waals surface area contributed by atoms with Gasteiger partial charge in [0.15, 0.2) is 11.5 Å². The molecule has 0 unspecified atom stereocenters. The highest BCUT2D eigenvalue weighted by molar-refractivity contribution is 7.13. The van der Waals surface area contributed by atoms with Crippen molar-refractivity contribution in [2.75, 3.05) is 6.79 Å². The molecule has 1 aliphatic rings. The second-order valence-corrected chi connectivity index (χ2v) is 8.15. The maximum Gasteiger partial charge on any atom is 0.270 e. The number of benzene rings is 3. The molecular weight excluding hydrogens is 442 g/mol. The van der Waals surface area contributed by atoms with E-state index < -0.39 is 4.92 Å². The molecule has 0 aliphatic carbocycles. The number of nitrogens with zero attached hydrogens (tertiary/aromatic N) is 2. The van der Waals surface area contributed by atoms with Gasteiger partial charge in [-0.15, -0.1) is 11.3 Å². The first-order chi connectivity index (χ1) is 16.1. The summed E-state index contributed by atoms with van der Waals surface area (Å²) in [5.41, 5.74) is 3.84. The lowest BCUT2D eigenvalue weighted by Crippen LogP contribution is -2.22. The molecule has 1 amide bonds. The number of carbonyl (C=O) groups is 1. The summed E-state index contributed by atoms with van der Waals surface area (Å²) in [5, 5.41) is 16.6. The van der Waals surface area contributed by atoms with Gasteiger partial charge in [-0.25, -0.2) is 4.98 Å². The van der Waals surface area contributed by atoms with E-state index in [1.807, 2.05) is 47.8 Å². The van der Waals surface area contributed by atoms with Crippen LogP contribution in [-0.4, -0.2) is 22.6 Å². The Labute approximate surface area is 192 Å². The zero-order valence-electron chi connectivity index (χ0n) is 17.2. The van der Waals surface area contributed by atoms with Gasteiger partial charge in [0.2, 0.25) is 6.79 Å². The van der Waals surface area contributed by atoms with Gasteiger partial charge in [-0.05, 0) is 29.8 Å². The molecule has 1 aliphatic heterocycles. The molecule has 8 nitrogen and oxygen atoms in total. The van der Waals surface area contributed by atoms with Crippen molar-refractivity contribution in [3.05, 3.63) is 93.4 Å². The van der Waals surface area contributed by atoms with E-state index in [-0.39, 0.29) is 24.0 Å². The molecule has 0 bridgehead atoms. The van der Waals surface area contributed by atoms with Gasteiger partial charge in [0.25, 0.3) is 11.6 Å². The minimum atomic E-state index is -0.522. The second kappa shape index (κ2) is 8.71. The maximum atomic E-state index is 12.3. The van der Waals surface area contributed by atoms with Crippen LogP contribution in [-0.2, 0) is 6.54 Å². The Hall–Kier alpha value is -4.24. The van der Waals surface area contributed by atoms with Crippen molar-refractivity contribution in [3.8, 4) is 33.3 Å². The quantitative estimate of drug-likeness (QED) is 0.320. The number of nitro benzene ring substituents is 1. The Balaban J connectivity index is 1.24. The number of hydrogen-bond donors (Lipinski definition) is 1. The largest absolute Gasteiger partial charge is 0.454 e. The van der Waals surface area contributed by atoms with E-state index in [0.717, 1.165) is 38.9 Å². The average Bonchev–Trinajstić information content (AvgIpc) is 3.52. The zero-order chi connectivity index (χ0) is 22.8. The number of aromatic nitrogens is 1. The standard InChI is InChI=1S/C24H17N3O5S/c28-23(18-2-1-3-19(10-18)27(29)30)25-12-15-4-6-16(7-5-15)24-26-20(13-33-24)17-8-9-21-22(11-17)32-14-31-21/h1-11,13H,12,14H2,(H,25,28). The first kappa shape index (κ1) is 20.7. The predicted octanol–water partition coefficient (Wildman–Crippen LogP) is 5.04. The van der Waals surface area contributed by atoms with E-state index in [0.29, 0.717) is 6.54 Å². The molecule has 0 fully saturated rings. The molecule has 0 radical (unpaired) electrons. The average molecular weight is 459 g/mol. The molecule has 9 heteroatoms. The van der Waals surface area contributed by atoms with Crippen molar-refractivity contribution < 1.29 is 19.2 Å². The number of ether oxygens (including phenoxy) is 2. The lowest BCUT2D eigenvalue weighted by molar-refractivity contribution is -0.384. The van der Waals surface area contributed by atoms with Gasteiger partial charge in [0.05, 0.1) is 10.6 Å². The van der Waals surface area contributed by atoms with E-state index in [1.54, 1.807) is 17.4 Å². The molecule has 5 rings (SSSR count). The van der Waals surface area contributed by atoms with Gasteiger partial charge in [0.1, 0.15) is 5.01 Å². The van der Waals surface area contributed by atoms with Crippen LogP contribution < -0.4 is 14.8 Å². The number of nitrogens with one attached hydrogen (secondary N) is 1. The van der Waals surface area contributed by atoms with E-state index in [9.17, 15) is 14.9 Å². The van der Waals surface area contributed by atoms with Gasteiger partial charge in [-0.2, -0.15) is 0 Å². The minimum Gasteiger partial charge on any atom is -0.454 e. The third-order valence-corrected chi connectivity index (χ3v) is 6.04. The fourth-order valence-corrected chi connectivity index (χ4v) is 4.24. The van der Waals surface area contributed by atoms with Gasteiger partial charge in [-0.1, -0.05) is 30.3 Å². The van der Waals surface area contributed by atoms with E-state index >= 15 is 0 Å². The lowest BCUT2D eigenvalue weighted by Gasteiger charge is -2.06. The monoisotopic (exact) mass is 459 g/mol. The SMILES string of the molecule is O=C(NCc1ccc(-c2nc(-c3ccc4c(c3)OCO4)cs2)cc1)c1cccc([N+](=O)[O-])c1. The molecule has 0 atom stereocenters. The van der Waals surface area contributed by atoms with Gasteiger partial charge < -0.3 is 14.8 Å². The van der Waals surface area contributed by atoms with Crippen LogP contribution in [0.25, 0.3) is 21.8 Å². The number of thiazole rings is 1. The highest BCUT2D eigenvalue weighted by atomic mass is 32.1. The van der Waals surface area contributed by atoms with Crippen LogP contribution in [0.15, 0.2) is 72.1 Å². The Bertz CT molecular complexity index is 1350.